The van der Waals surface area contributed by atoms with Crippen LogP contribution in [-0.4, -0.2) is 5.54 Å². The molecule has 0 heterocycles. The Morgan fingerprint density at radius 3 is 2.88 bits per heavy atom. The molecule has 2 atom stereocenters. The Morgan fingerprint density at radius 2 is 2.24 bits per heavy atom. The highest BCUT2D eigenvalue weighted by atomic mass is 15.0. The number of hydrogen-bond acceptors (Lipinski definition) is 2. The number of nitrogens with one attached hydrogen (secondary N) is 1. The Bertz CT molecular complexity index is 433. The summed E-state index contributed by atoms with van der Waals surface area (Å²) in [5.74, 6) is 0.418. The van der Waals surface area contributed by atoms with Crippen molar-refractivity contribution in [1.82, 2.24) is 0 Å². The third kappa shape index (κ3) is 2.44. The molecule has 0 amide bonds. The lowest BCUT2D eigenvalue weighted by atomic mass is 9.74. The van der Waals surface area contributed by atoms with Gasteiger partial charge in [0.2, 0.25) is 0 Å². The van der Waals surface area contributed by atoms with E-state index in [1.54, 1.807) is 0 Å². The van der Waals surface area contributed by atoms with E-state index in [2.05, 4.69) is 37.4 Å². The molecule has 1 aliphatic carbocycles. The summed E-state index contributed by atoms with van der Waals surface area (Å²) in [6.45, 7) is 4.26. The smallest absolute Gasteiger partial charge is 0.127 e. The second kappa shape index (κ2) is 4.79. The molecular formula is C15H20N2. The van der Waals surface area contributed by atoms with Crippen molar-refractivity contribution in [3.8, 4) is 6.07 Å². The first-order valence-electron chi connectivity index (χ1n) is 6.42. The number of benzene rings is 1. The minimum atomic E-state index is -0.369. The van der Waals surface area contributed by atoms with Gasteiger partial charge in [0.1, 0.15) is 5.54 Å². The SMILES string of the molecule is Cc1cccc(NC2(C#N)CCCCC2C)c1. The van der Waals surface area contributed by atoms with Crippen LogP contribution in [0.15, 0.2) is 24.3 Å². The van der Waals surface area contributed by atoms with E-state index in [0.29, 0.717) is 5.92 Å². The van der Waals surface area contributed by atoms with Crippen molar-refractivity contribution in [2.75, 3.05) is 5.32 Å². The molecule has 2 rings (SSSR count). The molecule has 2 heteroatoms. The minimum absolute atomic E-state index is 0.369. The summed E-state index contributed by atoms with van der Waals surface area (Å²) in [5.41, 5.74) is 1.93. The van der Waals surface area contributed by atoms with Crippen LogP contribution in [0.5, 0.6) is 0 Å². The Hall–Kier alpha value is -1.49. The van der Waals surface area contributed by atoms with Crippen LogP contribution in [0, 0.1) is 24.2 Å². The van der Waals surface area contributed by atoms with Crippen LogP contribution in [0.4, 0.5) is 5.69 Å². The summed E-state index contributed by atoms with van der Waals surface area (Å²) in [4.78, 5) is 0. The van der Waals surface area contributed by atoms with Crippen LogP contribution in [0.1, 0.15) is 38.2 Å². The lowest BCUT2D eigenvalue weighted by Gasteiger charge is -2.38. The minimum Gasteiger partial charge on any atom is -0.367 e. The quantitative estimate of drug-likeness (QED) is 0.833. The molecule has 1 aromatic carbocycles. The maximum absolute atomic E-state index is 9.53. The summed E-state index contributed by atoms with van der Waals surface area (Å²) in [6, 6.07) is 10.8. The van der Waals surface area contributed by atoms with Gasteiger partial charge >= 0.3 is 0 Å². The molecule has 1 saturated carbocycles. The van der Waals surface area contributed by atoms with Crippen molar-refractivity contribution in [3.05, 3.63) is 29.8 Å². The van der Waals surface area contributed by atoms with Gasteiger partial charge in [0.15, 0.2) is 0 Å². The van der Waals surface area contributed by atoms with E-state index in [4.69, 9.17) is 0 Å². The molecule has 2 nitrogen and oxygen atoms in total. The third-order valence-corrected chi connectivity index (χ3v) is 3.88. The lowest BCUT2D eigenvalue weighted by molar-refractivity contribution is 0.286. The van der Waals surface area contributed by atoms with E-state index in [-0.39, 0.29) is 5.54 Å². The molecule has 0 saturated heterocycles. The van der Waals surface area contributed by atoms with Crippen LogP contribution in [-0.2, 0) is 0 Å². The van der Waals surface area contributed by atoms with Gasteiger partial charge in [-0.05, 0) is 43.4 Å². The van der Waals surface area contributed by atoms with Gasteiger partial charge in [-0.2, -0.15) is 5.26 Å². The average Bonchev–Trinajstić information content (AvgIpc) is 2.32. The van der Waals surface area contributed by atoms with Crippen molar-refractivity contribution < 1.29 is 0 Å². The molecule has 1 fully saturated rings. The van der Waals surface area contributed by atoms with Gasteiger partial charge in [0.05, 0.1) is 6.07 Å². The second-order valence-corrected chi connectivity index (χ2v) is 5.22. The van der Waals surface area contributed by atoms with Crippen molar-refractivity contribution >= 4 is 5.69 Å². The Kier molecular flexibility index (Phi) is 3.38. The highest BCUT2D eigenvalue weighted by molar-refractivity contribution is 5.50. The van der Waals surface area contributed by atoms with Crippen molar-refractivity contribution in [3.63, 3.8) is 0 Å². The maximum Gasteiger partial charge on any atom is 0.127 e. The number of anilines is 1. The Morgan fingerprint density at radius 1 is 1.41 bits per heavy atom. The fourth-order valence-electron chi connectivity index (χ4n) is 2.71. The van der Waals surface area contributed by atoms with Gasteiger partial charge in [-0.1, -0.05) is 31.9 Å². The zero-order valence-electron chi connectivity index (χ0n) is 10.7. The van der Waals surface area contributed by atoms with Crippen LogP contribution < -0.4 is 5.32 Å². The molecule has 90 valence electrons. The van der Waals surface area contributed by atoms with Crippen LogP contribution in [0.25, 0.3) is 0 Å². The number of rotatable bonds is 2. The lowest BCUT2D eigenvalue weighted by Crippen LogP contribution is -2.45. The Labute approximate surface area is 104 Å². The summed E-state index contributed by atoms with van der Waals surface area (Å²) in [5, 5.41) is 13.0. The first kappa shape index (κ1) is 12.0. The molecule has 17 heavy (non-hydrogen) atoms. The highest BCUT2D eigenvalue weighted by Crippen LogP contribution is 2.36. The van der Waals surface area contributed by atoms with Crippen molar-refractivity contribution in [1.29, 1.82) is 5.26 Å². The third-order valence-electron chi connectivity index (χ3n) is 3.88. The summed E-state index contributed by atoms with van der Waals surface area (Å²) >= 11 is 0. The van der Waals surface area contributed by atoms with Crippen LogP contribution in [0.3, 0.4) is 0 Å². The molecule has 0 aliphatic heterocycles. The zero-order valence-corrected chi connectivity index (χ0v) is 10.7. The predicted octanol–water partition coefficient (Wildman–Crippen LogP) is 3.88. The molecule has 0 bridgehead atoms. The second-order valence-electron chi connectivity index (χ2n) is 5.22. The molecule has 1 N–H and O–H groups in total. The molecule has 2 unspecified atom stereocenters. The zero-order chi connectivity index (χ0) is 12.3. The summed E-state index contributed by atoms with van der Waals surface area (Å²) in [6.07, 6.45) is 4.50. The van der Waals surface area contributed by atoms with E-state index in [9.17, 15) is 5.26 Å². The van der Waals surface area contributed by atoms with Crippen LogP contribution >= 0.6 is 0 Å². The topological polar surface area (TPSA) is 35.8 Å². The molecule has 0 radical (unpaired) electrons. The maximum atomic E-state index is 9.53. The number of aryl methyl sites for hydroxylation is 1. The number of nitrogens with zero attached hydrogens (tertiary/aromatic N) is 1. The van der Waals surface area contributed by atoms with Gasteiger partial charge in [-0.3, -0.25) is 0 Å². The fourth-order valence-corrected chi connectivity index (χ4v) is 2.71. The summed E-state index contributed by atoms with van der Waals surface area (Å²) < 4.78 is 0. The Balaban J connectivity index is 2.22. The van der Waals surface area contributed by atoms with Crippen molar-refractivity contribution in [2.24, 2.45) is 5.92 Å². The summed E-state index contributed by atoms with van der Waals surface area (Å²) in [7, 11) is 0. The van der Waals surface area contributed by atoms with Crippen LogP contribution in [0.2, 0.25) is 0 Å². The first-order valence-corrected chi connectivity index (χ1v) is 6.42. The first-order chi connectivity index (χ1) is 8.16. The monoisotopic (exact) mass is 228 g/mol. The van der Waals surface area contributed by atoms with Gasteiger partial charge in [-0.25, -0.2) is 0 Å². The van der Waals surface area contributed by atoms with E-state index < -0.39 is 0 Å². The van der Waals surface area contributed by atoms with E-state index in [1.165, 1.54) is 12.0 Å². The fraction of sp³-hybridized carbons (Fsp3) is 0.533. The molecule has 0 spiro atoms. The predicted molar refractivity (Wildman–Crippen MR) is 70.8 cm³/mol. The highest BCUT2D eigenvalue weighted by Gasteiger charge is 2.38. The molecule has 0 aromatic heterocycles. The van der Waals surface area contributed by atoms with Gasteiger partial charge < -0.3 is 5.32 Å². The van der Waals surface area contributed by atoms with E-state index >= 15 is 0 Å². The standard InChI is InChI=1S/C15H20N2/c1-12-6-5-8-14(10-12)17-15(11-16)9-4-3-7-13(15)2/h5-6,8,10,13,17H,3-4,7,9H2,1-2H3. The number of hydrogen-bond donors (Lipinski definition) is 1. The van der Waals surface area contributed by atoms with E-state index in [0.717, 1.165) is 24.9 Å². The average molecular weight is 228 g/mol. The molecule has 1 aliphatic rings. The van der Waals surface area contributed by atoms with Crippen molar-refractivity contribution in [2.45, 2.75) is 45.1 Å². The molecule has 1 aromatic rings. The normalized spacial score (nSPS) is 28.4. The van der Waals surface area contributed by atoms with Gasteiger partial charge in [-0.15, -0.1) is 0 Å². The number of nitriles is 1. The van der Waals surface area contributed by atoms with Gasteiger partial charge in [0, 0.05) is 5.69 Å². The molecular weight excluding hydrogens is 208 g/mol. The van der Waals surface area contributed by atoms with Gasteiger partial charge in [0.25, 0.3) is 0 Å². The largest absolute Gasteiger partial charge is 0.367 e. The van der Waals surface area contributed by atoms with E-state index in [1.807, 2.05) is 12.1 Å².